The molecule has 0 radical (unpaired) electrons. The number of aryl methyl sites for hydroxylation is 1. The van der Waals surface area contributed by atoms with Crippen molar-refractivity contribution in [1.82, 2.24) is 0 Å². The first kappa shape index (κ1) is 7.54. The Morgan fingerprint density at radius 1 is 1.08 bits per heavy atom. The average Bonchev–Trinajstić information content (AvgIpc) is 2.78. The van der Waals surface area contributed by atoms with Crippen LogP contribution < -0.4 is 0 Å². The highest BCUT2D eigenvalue weighted by atomic mass is 16.7. The van der Waals surface area contributed by atoms with Crippen LogP contribution in [0.2, 0.25) is 0 Å². The van der Waals surface area contributed by atoms with Crippen LogP contribution in [0.4, 0.5) is 0 Å². The first-order chi connectivity index (χ1) is 6.41. The smallest absolute Gasteiger partial charge is 0.195 e. The summed E-state index contributed by atoms with van der Waals surface area (Å²) >= 11 is 0. The molecule has 3 rings (SSSR count). The lowest BCUT2D eigenvalue weighted by molar-refractivity contribution is -0.163. The van der Waals surface area contributed by atoms with Crippen molar-refractivity contribution in [3.05, 3.63) is 35.4 Å². The summed E-state index contributed by atoms with van der Waals surface area (Å²) in [6.45, 7) is 1.46. The molecule has 2 nitrogen and oxygen atoms in total. The van der Waals surface area contributed by atoms with Crippen LogP contribution in [0.5, 0.6) is 0 Å². The minimum absolute atomic E-state index is 0.378. The summed E-state index contributed by atoms with van der Waals surface area (Å²) in [5.74, 6) is -0.378. The zero-order valence-corrected chi connectivity index (χ0v) is 7.45. The SMILES string of the molecule is c1ccc2c(c1)CCC21OCCO1. The molecule has 1 heterocycles. The molecule has 0 saturated carbocycles. The summed E-state index contributed by atoms with van der Waals surface area (Å²) in [4.78, 5) is 0. The van der Waals surface area contributed by atoms with Crippen molar-refractivity contribution in [2.45, 2.75) is 18.6 Å². The number of hydrogen-bond donors (Lipinski definition) is 0. The zero-order chi connectivity index (χ0) is 8.73. The topological polar surface area (TPSA) is 18.5 Å². The molecule has 1 aliphatic heterocycles. The normalized spacial score (nSPS) is 23.7. The average molecular weight is 176 g/mol. The van der Waals surface area contributed by atoms with E-state index in [0.29, 0.717) is 0 Å². The lowest BCUT2D eigenvalue weighted by atomic mass is 10.1. The van der Waals surface area contributed by atoms with Gasteiger partial charge in [0.05, 0.1) is 13.2 Å². The molecule has 1 spiro atoms. The van der Waals surface area contributed by atoms with Crippen LogP contribution in [-0.2, 0) is 21.7 Å². The summed E-state index contributed by atoms with van der Waals surface area (Å²) in [5, 5.41) is 0. The van der Waals surface area contributed by atoms with E-state index in [-0.39, 0.29) is 5.79 Å². The lowest BCUT2D eigenvalue weighted by Crippen LogP contribution is -2.23. The Labute approximate surface area is 77.5 Å². The molecule has 0 amide bonds. The second-order valence-electron chi connectivity index (χ2n) is 3.61. The summed E-state index contributed by atoms with van der Waals surface area (Å²) < 4.78 is 11.4. The fourth-order valence-corrected chi connectivity index (χ4v) is 2.30. The second-order valence-corrected chi connectivity index (χ2v) is 3.61. The van der Waals surface area contributed by atoms with Gasteiger partial charge in [-0.3, -0.25) is 0 Å². The van der Waals surface area contributed by atoms with E-state index in [2.05, 4.69) is 24.3 Å². The Balaban J connectivity index is 2.11. The Hall–Kier alpha value is -0.860. The molecular formula is C11H12O2. The van der Waals surface area contributed by atoms with E-state index in [1.54, 1.807) is 0 Å². The van der Waals surface area contributed by atoms with Crippen LogP contribution in [0.1, 0.15) is 17.5 Å². The van der Waals surface area contributed by atoms with Crippen molar-refractivity contribution in [3.63, 3.8) is 0 Å². The second kappa shape index (κ2) is 2.56. The van der Waals surface area contributed by atoms with Gasteiger partial charge in [-0.25, -0.2) is 0 Å². The van der Waals surface area contributed by atoms with Crippen LogP contribution >= 0.6 is 0 Å². The first-order valence-electron chi connectivity index (χ1n) is 4.77. The highest BCUT2D eigenvalue weighted by Gasteiger charge is 2.43. The summed E-state index contributed by atoms with van der Waals surface area (Å²) in [5.41, 5.74) is 2.62. The van der Waals surface area contributed by atoms with Crippen molar-refractivity contribution in [1.29, 1.82) is 0 Å². The van der Waals surface area contributed by atoms with Crippen molar-refractivity contribution in [2.24, 2.45) is 0 Å². The van der Waals surface area contributed by atoms with Crippen LogP contribution in [0.25, 0.3) is 0 Å². The number of benzene rings is 1. The Morgan fingerprint density at radius 2 is 1.85 bits per heavy atom. The van der Waals surface area contributed by atoms with E-state index >= 15 is 0 Å². The first-order valence-corrected chi connectivity index (χ1v) is 4.77. The van der Waals surface area contributed by atoms with Crippen LogP contribution in [0.3, 0.4) is 0 Å². The molecule has 1 aliphatic carbocycles. The third-order valence-corrected chi connectivity index (χ3v) is 2.90. The number of hydrogen-bond acceptors (Lipinski definition) is 2. The highest BCUT2D eigenvalue weighted by molar-refractivity contribution is 5.35. The molecule has 1 saturated heterocycles. The molecule has 0 N–H and O–H groups in total. The van der Waals surface area contributed by atoms with Gasteiger partial charge in [-0.15, -0.1) is 0 Å². The lowest BCUT2D eigenvalue weighted by Gasteiger charge is -2.22. The standard InChI is InChI=1S/C11H12O2/c1-2-4-10-9(3-1)5-6-11(10)12-7-8-13-11/h1-4H,5-8H2. The molecule has 0 atom stereocenters. The molecule has 0 aromatic heterocycles. The molecule has 1 aromatic rings. The van der Waals surface area contributed by atoms with Crippen molar-refractivity contribution >= 4 is 0 Å². The maximum absolute atomic E-state index is 5.71. The van der Waals surface area contributed by atoms with Gasteiger partial charge in [-0.05, 0) is 12.0 Å². The summed E-state index contributed by atoms with van der Waals surface area (Å²) in [6.07, 6.45) is 2.06. The quantitative estimate of drug-likeness (QED) is 0.600. The van der Waals surface area contributed by atoms with Gasteiger partial charge in [0.25, 0.3) is 0 Å². The fourth-order valence-electron chi connectivity index (χ4n) is 2.30. The van der Waals surface area contributed by atoms with E-state index < -0.39 is 0 Å². The monoisotopic (exact) mass is 176 g/mol. The van der Waals surface area contributed by atoms with E-state index in [4.69, 9.17) is 9.47 Å². The molecule has 0 unspecified atom stereocenters. The predicted octanol–water partition coefficient (Wildman–Crippen LogP) is 1.83. The van der Waals surface area contributed by atoms with Crippen molar-refractivity contribution in [2.75, 3.05) is 13.2 Å². The number of fused-ring (bicyclic) bond motifs is 2. The number of ether oxygens (including phenoxy) is 2. The highest BCUT2D eigenvalue weighted by Crippen LogP contribution is 2.43. The van der Waals surface area contributed by atoms with Gasteiger partial charge in [0, 0.05) is 12.0 Å². The summed E-state index contributed by atoms with van der Waals surface area (Å²) in [7, 11) is 0. The fraction of sp³-hybridized carbons (Fsp3) is 0.455. The molecule has 1 aromatic carbocycles. The predicted molar refractivity (Wildman–Crippen MR) is 48.3 cm³/mol. The third kappa shape index (κ3) is 0.960. The summed E-state index contributed by atoms with van der Waals surface area (Å²) in [6, 6.07) is 8.41. The van der Waals surface area contributed by atoms with Gasteiger partial charge >= 0.3 is 0 Å². The van der Waals surface area contributed by atoms with Crippen LogP contribution in [0.15, 0.2) is 24.3 Å². The third-order valence-electron chi connectivity index (χ3n) is 2.90. The molecule has 0 bridgehead atoms. The maximum Gasteiger partial charge on any atom is 0.195 e. The van der Waals surface area contributed by atoms with Gasteiger partial charge in [-0.2, -0.15) is 0 Å². The minimum Gasteiger partial charge on any atom is -0.343 e. The van der Waals surface area contributed by atoms with Gasteiger partial charge in [0.2, 0.25) is 0 Å². The Kier molecular flexibility index (Phi) is 1.49. The molecular weight excluding hydrogens is 164 g/mol. The van der Waals surface area contributed by atoms with Gasteiger partial charge in [0.1, 0.15) is 0 Å². The van der Waals surface area contributed by atoms with Crippen LogP contribution in [-0.4, -0.2) is 13.2 Å². The van der Waals surface area contributed by atoms with E-state index in [9.17, 15) is 0 Å². The van der Waals surface area contributed by atoms with E-state index in [1.807, 2.05) is 0 Å². The Morgan fingerprint density at radius 3 is 2.69 bits per heavy atom. The zero-order valence-electron chi connectivity index (χ0n) is 7.45. The molecule has 2 heteroatoms. The molecule has 1 fully saturated rings. The largest absolute Gasteiger partial charge is 0.343 e. The molecule has 2 aliphatic rings. The van der Waals surface area contributed by atoms with Gasteiger partial charge in [0.15, 0.2) is 5.79 Å². The minimum atomic E-state index is -0.378. The van der Waals surface area contributed by atoms with Gasteiger partial charge < -0.3 is 9.47 Å². The van der Waals surface area contributed by atoms with Crippen molar-refractivity contribution < 1.29 is 9.47 Å². The maximum atomic E-state index is 5.71. The number of rotatable bonds is 0. The van der Waals surface area contributed by atoms with Crippen LogP contribution in [0, 0.1) is 0 Å². The molecule has 13 heavy (non-hydrogen) atoms. The Bertz CT molecular complexity index is 327. The van der Waals surface area contributed by atoms with E-state index in [1.165, 1.54) is 11.1 Å². The molecule has 68 valence electrons. The van der Waals surface area contributed by atoms with Crippen molar-refractivity contribution in [3.8, 4) is 0 Å². The van der Waals surface area contributed by atoms with Gasteiger partial charge in [-0.1, -0.05) is 24.3 Å². The van der Waals surface area contributed by atoms with E-state index in [0.717, 1.165) is 26.1 Å².